The van der Waals surface area contributed by atoms with Gasteiger partial charge in [0.15, 0.2) is 23.0 Å². The summed E-state index contributed by atoms with van der Waals surface area (Å²) in [6, 6.07) is 3.72. The fourth-order valence-electron chi connectivity index (χ4n) is 1.55. The van der Waals surface area contributed by atoms with Crippen molar-refractivity contribution < 1.29 is 23.6 Å². The predicted octanol–water partition coefficient (Wildman–Crippen LogP) is 2.28. The first-order chi connectivity index (χ1) is 8.54. The molecule has 0 amide bonds. The molecule has 5 nitrogen and oxygen atoms in total. The van der Waals surface area contributed by atoms with Crippen LogP contribution in [0.3, 0.4) is 0 Å². The lowest BCUT2D eigenvalue weighted by Gasteiger charge is -2.00. The lowest BCUT2D eigenvalue weighted by Crippen LogP contribution is -2.03. The van der Waals surface area contributed by atoms with Crippen LogP contribution in [0, 0.1) is 12.7 Å². The molecule has 6 heteroatoms. The summed E-state index contributed by atoms with van der Waals surface area (Å²) < 4.78 is 22.5. The number of rotatable bonds is 2. The van der Waals surface area contributed by atoms with Gasteiger partial charge in [0.1, 0.15) is 0 Å². The van der Waals surface area contributed by atoms with Gasteiger partial charge in [0.2, 0.25) is 0 Å². The third kappa shape index (κ3) is 1.92. The van der Waals surface area contributed by atoms with E-state index < -0.39 is 17.5 Å². The Kier molecular flexibility index (Phi) is 3.01. The minimum atomic E-state index is -0.732. The Morgan fingerprint density at radius 3 is 2.83 bits per heavy atom. The zero-order valence-electron chi connectivity index (χ0n) is 9.73. The molecule has 0 spiro atoms. The van der Waals surface area contributed by atoms with Gasteiger partial charge < -0.3 is 14.4 Å². The lowest BCUT2D eigenvalue weighted by atomic mass is 10.1. The highest BCUT2D eigenvalue weighted by atomic mass is 19.1. The molecule has 18 heavy (non-hydrogen) atoms. The molecule has 94 valence electrons. The maximum atomic E-state index is 12.9. The van der Waals surface area contributed by atoms with Crippen molar-refractivity contribution in [3.8, 4) is 17.1 Å². The fourth-order valence-corrected chi connectivity index (χ4v) is 1.55. The quantitative estimate of drug-likeness (QED) is 0.829. The molecule has 0 bridgehead atoms. The number of hydrogen-bond acceptors (Lipinski definition) is 5. The minimum absolute atomic E-state index is 0.0521. The van der Waals surface area contributed by atoms with Crippen LogP contribution in [-0.4, -0.2) is 23.3 Å². The second-order valence-corrected chi connectivity index (χ2v) is 3.64. The number of hydrogen-bond donors (Lipinski definition) is 1. The zero-order valence-corrected chi connectivity index (χ0v) is 9.73. The van der Waals surface area contributed by atoms with Crippen LogP contribution >= 0.6 is 0 Å². The number of phenols is 1. The number of ether oxygens (including phenoxy) is 1. The molecule has 1 aromatic heterocycles. The highest BCUT2D eigenvalue weighted by Crippen LogP contribution is 2.29. The monoisotopic (exact) mass is 251 g/mol. The summed E-state index contributed by atoms with van der Waals surface area (Å²) in [5, 5.41) is 12.9. The Hall–Kier alpha value is -2.37. The molecule has 0 saturated carbocycles. The van der Waals surface area contributed by atoms with Gasteiger partial charge in [-0.25, -0.2) is 9.18 Å². The van der Waals surface area contributed by atoms with Gasteiger partial charge in [0.25, 0.3) is 0 Å². The average Bonchev–Trinajstić information content (AvgIpc) is 2.74. The number of nitrogens with zero attached hydrogens (tertiary/aromatic N) is 1. The number of benzene rings is 1. The van der Waals surface area contributed by atoms with Crippen LogP contribution in [0.25, 0.3) is 11.3 Å². The molecule has 0 atom stereocenters. The summed E-state index contributed by atoms with van der Waals surface area (Å²) in [6.45, 7) is 1.62. The molecule has 0 aliphatic rings. The Morgan fingerprint density at radius 2 is 2.22 bits per heavy atom. The maximum Gasteiger partial charge on any atom is 0.360 e. The summed E-state index contributed by atoms with van der Waals surface area (Å²) in [4.78, 5) is 11.3. The van der Waals surface area contributed by atoms with E-state index in [0.717, 1.165) is 6.07 Å². The van der Waals surface area contributed by atoms with Gasteiger partial charge in [-0.2, -0.15) is 0 Å². The topological polar surface area (TPSA) is 72.6 Å². The van der Waals surface area contributed by atoms with Gasteiger partial charge in [-0.1, -0.05) is 5.16 Å². The van der Waals surface area contributed by atoms with Crippen molar-refractivity contribution in [3.63, 3.8) is 0 Å². The Morgan fingerprint density at radius 1 is 1.50 bits per heavy atom. The second kappa shape index (κ2) is 4.48. The van der Waals surface area contributed by atoms with Crippen molar-refractivity contribution in [1.29, 1.82) is 0 Å². The molecule has 2 aromatic rings. The first-order valence-corrected chi connectivity index (χ1v) is 5.08. The van der Waals surface area contributed by atoms with Gasteiger partial charge in [-0.15, -0.1) is 0 Å². The predicted molar refractivity (Wildman–Crippen MR) is 59.6 cm³/mol. The van der Waals surface area contributed by atoms with E-state index >= 15 is 0 Å². The third-order valence-electron chi connectivity index (χ3n) is 2.51. The molecule has 0 aliphatic carbocycles. The summed E-state index contributed by atoms with van der Waals surface area (Å²) >= 11 is 0. The molecular weight excluding hydrogens is 241 g/mol. The SMILES string of the molecule is COC(=O)c1noc(-c2ccc(F)c(O)c2)c1C. The van der Waals surface area contributed by atoms with Crippen LogP contribution in [0.1, 0.15) is 16.1 Å². The Bertz CT molecular complexity index is 606. The van der Waals surface area contributed by atoms with E-state index in [9.17, 15) is 14.3 Å². The second-order valence-electron chi connectivity index (χ2n) is 3.64. The fraction of sp³-hybridized carbons (Fsp3) is 0.167. The molecule has 0 fully saturated rings. The largest absolute Gasteiger partial charge is 0.505 e. The zero-order chi connectivity index (χ0) is 13.3. The van der Waals surface area contributed by atoms with Crippen LogP contribution in [0.5, 0.6) is 5.75 Å². The molecule has 2 rings (SSSR count). The van der Waals surface area contributed by atoms with Crippen LogP contribution in [0.4, 0.5) is 4.39 Å². The van der Waals surface area contributed by atoms with Gasteiger partial charge >= 0.3 is 5.97 Å². The molecule has 1 N–H and O–H groups in total. The number of carbonyl (C=O) groups excluding carboxylic acids is 1. The van der Waals surface area contributed by atoms with Gasteiger partial charge in [0, 0.05) is 11.1 Å². The first-order valence-electron chi connectivity index (χ1n) is 5.08. The number of methoxy groups -OCH3 is 1. The number of carbonyl (C=O) groups is 1. The summed E-state index contributed by atoms with van der Waals surface area (Å²) in [7, 11) is 1.24. The van der Waals surface area contributed by atoms with Crippen molar-refractivity contribution in [2.45, 2.75) is 6.92 Å². The number of phenolic OH excluding ortho intramolecular Hbond substituents is 1. The molecular formula is C12H10FNO4. The highest BCUT2D eigenvalue weighted by Gasteiger charge is 2.20. The minimum Gasteiger partial charge on any atom is -0.505 e. The smallest absolute Gasteiger partial charge is 0.360 e. The van der Waals surface area contributed by atoms with Crippen LogP contribution in [0.15, 0.2) is 22.7 Å². The number of halogens is 1. The molecule has 1 heterocycles. The average molecular weight is 251 g/mol. The first kappa shape index (κ1) is 12.1. The van der Waals surface area contributed by atoms with Gasteiger partial charge in [-0.05, 0) is 25.1 Å². The normalized spacial score (nSPS) is 10.4. The van der Waals surface area contributed by atoms with Gasteiger partial charge in [-0.3, -0.25) is 0 Å². The van der Waals surface area contributed by atoms with E-state index in [1.54, 1.807) is 6.92 Å². The van der Waals surface area contributed by atoms with Crippen LogP contribution in [0.2, 0.25) is 0 Å². The Labute approximate surface area is 102 Å². The van der Waals surface area contributed by atoms with E-state index in [-0.39, 0.29) is 11.5 Å². The van der Waals surface area contributed by atoms with Gasteiger partial charge in [0.05, 0.1) is 7.11 Å². The van der Waals surface area contributed by atoms with Crippen molar-refractivity contribution in [1.82, 2.24) is 5.16 Å². The lowest BCUT2D eigenvalue weighted by molar-refractivity contribution is 0.0588. The van der Waals surface area contributed by atoms with Crippen LogP contribution < -0.4 is 0 Å². The van der Waals surface area contributed by atoms with Crippen molar-refractivity contribution in [2.24, 2.45) is 0 Å². The molecule has 0 aliphatic heterocycles. The van der Waals surface area contributed by atoms with Crippen LogP contribution in [-0.2, 0) is 4.74 Å². The maximum absolute atomic E-state index is 12.9. The number of esters is 1. The number of aromatic nitrogens is 1. The number of aromatic hydroxyl groups is 1. The van der Waals surface area contributed by atoms with E-state index in [1.807, 2.05) is 0 Å². The van der Waals surface area contributed by atoms with E-state index in [2.05, 4.69) is 9.89 Å². The van der Waals surface area contributed by atoms with E-state index in [1.165, 1.54) is 19.2 Å². The van der Waals surface area contributed by atoms with Crippen molar-refractivity contribution in [2.75, 3.05) is 7.11 Å². The molecule has 0 unspecified atom stereocenters. The molecule has 1 aromatic carbocycles. The summed E-state index contributed by atoms with van der Waals surface area (Å²) in [5.74, 6) is -1.56. The van der Waals surface area contributed by atoms with Crippen molar-refractivity contribution in [3.05, 3.63) is 35.3 Å². The standard InChI is InChI=1S/C12H10FNO4/c1-6-10(12(16)17-2)14-18-11(6)7-3-4-8(13)9(15)5-7/h3-5,15H,1-2H3. The molecule has 0 radical (unpaired) electrons. The van der Waals surface area contributed by atoms with Crippen molar-refractivity contribution >= 4 is 5.97 Å². The Balaban J connectivity index is 2.48. The van der Waals surface area contributed by atoms with E-state index in [0.29, 0.717) is 11.1 Å². The third-order valence-corrected chi connectivity index (χ3v) is 2.51. The molecule has 0 saturated heterocycles. The summed E-state index contributed by atoms with van der Waals surface area (Å²) in [5.41, 5.74) is 0.943. The highest BCUT2D eigenvalue weighted by molar-refractivity contribution is 5.90. The summed E-state index contributed by atoms with van der Waals surface area (Å²) in [6.07, 6.45) is 0. The van der Waals surface area contributed by atoms with E-state index in [4.69, 9.17) is 4.52 Å².